The Labute approximate surface area is 137 Å². The summed E-state index contributed by atoms with van der Waals surface area (Å²) in [5.74, 6) is 0.214. The molecule has 21 heavy (non-hydrogen) atoms. The van der Waals surface area contributed by atoms with E-state index in [1.165, 1.54) is 6.42 Å². The Hall–Kier alpha value is -0.830. The minimum Gasteiger partial charge on any atom is -0.336 e. The van der Waals surface area contributed by atoms with E-state index in [1.54, 1.807) is 0 Å². The Bertz CT molecular complexity index is 488. The summed E-state index contributed by atoms with van der Waals surface area (Å²) in [6.07, 6.45) is 4.58. The van der Waals surface area contributed by atoms with Crippen molar-refractivity contribution in [1.82, 2.24) is 4.90 Å². The van der Waals surface area contributed by atoms with Crippen molar-refractivity contribution in [3.8, 4) is 0 Å². The Morgan fingerprint density at radius 1 is 1.29 bits per heavy atom. The van der Waals surface area contributed by atoms with E-state index in [1.807, 2.05) is 18.2 Å². The number of carbonyl (C=O) groups excluding carboxylic acids is 1. The molecule has 0 spiro atoms. The molecule has 1 aromatic carbocycles. The molecule has 1 saturated carbocycles. The van der Waals surface area contributed by atoms with Crippen molar-refractivity contribution >= 4 is 21.8 Å². The van der Waals surface area contributed by atoms with Gasteiger partial charge in [0.25, 0.3) is 5.91 Å². The summed E-state index contributed by atoms with van der Waals surface area (Å²) in [5, 5.41) is 0.949. The smallest absolute Gasteiger partial charge is 0.254 e. The zero-order valence-corrected chi connectivity index (χ0v) is 14.9. The first kappa shape index (κ1) is 16.5. The Morgan fingerprint density at radius 3 is 2.48 bits per heavy atom. The van der Waals surface area contributed by atoms with E-state index in [-0.39, 0.29) is 11.3 Å². The number of rotatable bonds is 5. The van der Waals surface area contributed by atoms with Crippen LogP contribution < -0.4 is 0 Å². The molecule has 0 saturated heterocycles. The Balaban J connectivity index is 2.28. The number of hydrogen-bond acceptors (Lipinski definition) is 1. The van der Waals surface area contributed by atoms with Crippen molar-refractivity contribution in [2.24, 2.45) is 0 Å². The molecule has 0 bridgehead atoms. The van der Waals surface area contributed by atoms with Gasteiger partial charge in [-0.2, -0.15) is 0 Å². The first-order valence-electron chi connectivity index (χ1n) is 7.91. The van der Waals surface area contributed by atoms with Gasteiger partial charge in [-0.15, -0.1) is 0 Å². The lowest BCUT2D eigenvalue weighted by Crippen LogP contribution is -2.45. The van der Waals surface area contributed by atoms with E-state index in [2.05, 4.69) is 47.7 Å². The molecule has 0 unspecified atom stereocenters. The molecule has 0 N–H and O–H groups in total. The number of hydrogen-bond donors (Lipinski definition) is 0. The van der Waals surface area contributed by atoms with Crippen molar-refractivity contribution < 1.29 is 4.79 Å². The molecule has 1 fully saturated rings. The molecule has 1 aromatic rings. The van der Waals surface area contributed by atoms with Gasteiger partial charge >= 0.3 is 0 Å². The SMILES string of the molecule is CC(C)(C)c1ccccc1C(=O)N(CCCBr)C1CCC1. The van der Waals surface area contributed by atoms with Gasteiger partial charge < -0.3 is 4.90 Å². The van der Waals surface area contributed by atoms with Crippen LogP contribution in [0.25, 0.3) is 0 Å². The van der Waals surface area contributed by atoms with Gasteiger partial charge in [0, 0.05) is 23.5 Å². The fourth-order valence-corrected chi connectivity index (χ4v) is 3.11. The van der Waals surface area contributed by atoms with Crippen LogP contribution in [0.4, 0.5) is 0 Å². The monoisotopic (exact) mass is 351 g/mol. The molecule has 1 aliphatic rings. The number of halogens is 1. The zero-order valence-electron chi connectivity index (χ0n) is 13.4. The number of benzene rings is 1. The van der Waals surface area contributed by atoms with Crippen molar-refractivity contribution in [1.29, 1.82) is 0 Å². The van der Waals surface area contributed by atoms with E-state index >= 15 is 0 Å². The van der Waals surface area contributed by atoms with Crippen molar-refractivity contribution in [3.63, 3.8) is 0 Å². The van der Waals surface area contributed by atoms with Gasteiger partial charge in [-0.3, -0.25) is 4.79 Å². The van der Waals surface area contributed by atoms with Crippen LogP contribution in [-0.4, -0.2) is 28.7 Å². The summed E-state index contributed by atoms with van der Waals surface area (Å²) < 4.78 is 0. The summed E-state index contributed by atoms with van der Waals surface area (Å²) in [6, 6.07) is 8.54. The normalized spacial score (nSPS) is 15.6. The largest absolute Gasteiger partial charge is 0.336 e. The highest BCUT2D eigenvalue weighted by Crippen LogP contribution is 2.30. The van der Waals surface area contributed by atoms with Gasteiger partial charge in [-0.1, -0.05) is 54.9 Å². The first-order valence-corrected chi connectivity index (χ1v) is 9.03. The van der Waals surface area contributed by atoms with E-state index in [4.69, 9.17) is 0 Å². The molecule has 2 nitrogen and oxygen atoms in total. The van der Waals surface area contributed by atoms with Gasteiger partial charge in [0.2, 0.25) is 0 Å². The van der Waals surface area contributed by atoms with Crippen LogP contribution >= 0.6 is 15.9 Å². The first-order chi connectivity index (χ1) is 9.95. The van der Waals surface area contributed by atoms with Crippen LogP contribution in [0.5, 0.6) is 0 Å². The van der Waals surface area contributed by atoms with E-state index in [9.17, 15) is 4.79 Å². The third-order valence-corrected chi connectivity index (χ3v) is 4.84. The maximum Gasteiger partial charge on any atom is 0.254 e. The van der Waals surface area contributed by atoms with Crippen LogP contribution in [0, 0.1) is 0 Å². The molecule has 0 aliphatic heterocycles. The minimum atomic E-state index is -0.00698. The molecular weight excluding hydrogens is 326 g/mol. The van der Waals surface area contributed by atoms with E-state index in [0.29, 0.717) is 6.04 Å². The predicted molar refractivity (Wildman–Crippen MR) is 92.2 cm³/mol. The topological polar surface area (TPSA) is 20.3 Å². The average molecular weight is 352 g/mol. The second-order valence-corrected chi connectivity index (χ2v) is 7.71. The summed E-state index contributed by atoms with van der Waals surface area (Å²) >= 11 is 3.48. The zero-order chi connectivity index (χ0) is 15.5. The van der Waals surface area contributed by atoms with Crippen molar-refractivity contribution in [2.75, 3.05) is 11.9 Å². The summed E-state index contributed by atoms with van der Waals surface area (Å²) in [7, 11) is 0. The molecule has 0 radical (unpaired) electrons. The number of nitrogens with zero attached hydrogens (tertiary/aromatic N) is 1. The molecular formula is C18H26BrNO. The molecule has 3 heteroatoms. The summed E-state index contributed by atoms with van der Waals surface area (Å²) in [5.41, 5.74) is 2.03. The third-order valence-electron chi connectivity index (χ3n) is 4.27. The Morgan fingerprint density at radius 2 is 1.95 bits per heavy atom. The fraction of sp³-hybridized carbons (Fsp3) is 0.611. The van der Waals surface area contributed by atoms with Crippen LogP contribution in [0.1, 0.15) is 62.4 Å². The van der Waals surface area contributed by atoms with Gasteiger partial charge in [-0.05, 0) is 42.7 Å². The van der Waals surface area contributed by atoms with E-state index in [0.717, 1.165) is 42.3 Å². The molecule has 116 valence electrons. The number of alkyl halides is 1. The molecule has 0 aromatic heterocycles. The maximum atomic E-state index is 13.1. The minimum absolute atomic E-state index is 0.00698. The number of carbonyl (C=O) groups is 1. The van der Waals surface area contributed by atoms with E-state index < -0.39 is 0 Å². The molecule has 1 amide bonds. The highest BCUT2D eigenvalue weighted by molar-refractivity contribution is 9.09. The quantitative estimate of drug-likeness (QED) is 0.700. The van der Waals surface area contributed by atoms with Crippen molar-refractivity contribution in [2.45, 2.75) is 57.9 Å². The van der Waals surface area contributed by atoms with Crippen LogP contribution in [-0.2, 0) is 5.41 Å². The highest BCUT2D eigenvalue weighted by Gasteiger charge is 2.31. The average Bonchev–Trinajstić information content (AvgIpc) is 2.39. The lowest BCUT2D eigenvalue weighted by atomic mass is 9.83. The van der Waals surface area contributed by atoms with Gasteiger partial charge in [0.1, 0.15) is 0 Å². The van der Waals surface area contributed by atoms with Crippen LogP contribution in [0.2, 0.25) is 0 Å². The van der Waals surface area contributed by atoms with Gasteiger partial charge in [-0.25, -0.2) is 0 Å². The molecule has 0 atom stereocenters. The lowest BCUT2D eigenvalue weighted by Gasteiger charge is -2.38. The number of amides is 1. The second-order valence-electron chi connectivity index (χ2n) is 6.92. The predicted octanol–water partition coefficient (Wildman–Crippen LogP) is 4.76. The van der Waals surface area contributed by atoms with Crippen LogP contribution in [0.15, 0.2) is 24.3 Å². The van der Waals surface area contributed by atoms with Crippen LogP contribution in [0.3, 0.4) is 0 Å². The van der Waals surface area contributed by atoms with Gasteiger partial charge in [0.05, 0.1) is 0 Å². The lowest BCUT2D eigenvalue weighted by molar-refractivity contribution is 0.0578. The summed E-state index contributed by atoms with van der Waals surface area (Å²) in [6.45, 7) is 7.37. The highest BCUT2D eigenvalue weighted by atomic mass is 79.9. The molecule has 1 aliphatic carbocycles. The van der Waals surface area contributed by atoms with Gasteiger partial charge in [0.15, 0.2) is 0 Å². The summed E-state index contributed by atoms with van der Waals surface area (Å²) in [4.78, 5) is 15.2. The maximum absolute atomic E-state index is 13.1. The third kappa shape index (κ3) is 3.88. The van der Waals surface area contributed by atoms with Crippen molar-refractivity contribution in [3.05, 3.63) is 35.4 Å². The Kier molecular flexibility index (Phi) is 5.48. The standard InChI is InChI=1S/C18H26BrNO/c1-18(2,3)16-11-5-4-10-15(16)17(21)20(13-7-12-19)14-8-6-9-14/h4-5,10-11,14H,6-9,12-13H2,1-3H3. The fourth-order valence-electron chi connectivity index (χ4n) is 2.86. The molecule has 2 rings (SSSR count). The second kappa shape index (κ2) is 6.95. The molecule has 0 heterocycles.